The second kappa shape index (κ2) is 6.64. The van der Waals surface area contributed by atoms with Gasteiger partial charge in [0.25, 0.3) is 5.56 Å². The number of hydrogen-bond donors (Lipinski definition) is 1. The lowest BCUT2D eigenvalue weighted by atomic mass is 10.1. The van der Waals surface area contributed by atoms with Crippen molar-refractivity contribution in [1.82, 2.24) is 9.13 Å². The van der Waals surface area contributed by atoms with Crippen molar-refractivity contribution in [2.45, 2.75) is 17.1 Å². The first-order valence-corrected chi connectivity index (χ1v) is 8.01. The molecule has 0 aliphatic heterocycles. The molecule has 0 amide bonds. The molecule has 6 nitrogen and oxygen atoms in total. The predicted octanol–water partition coefficient (Wildman–Crippen LogP) is 1.68. The Balaban J connectivity index is 2.39. The van der Waals surface area contributed by atoms with Crippen LogP contribution in [0.5, 0.6) is 0 Å². The van der Waals surface area contributed by atoms with Crippen LogP contribution in [0.25, 0.3) is 0 Å². The van der Waals surface area contributed by atoms with E-state index >= 15 is 0 Å². The molecule has 0 saturated carbocycles. The average Bonchev–Trinajstić information content (AvgIpc) is 2.53. The number of halogens is 1. The molecule has 0 spiro atoms. The van der Waals surface area contributed by atoms with Crippen molar-refractivity contribution in [3.63, 3.8) is 0 Å². The number of thioether (sulfide) groups is 1. The van der Waals surface area contributed by atoms with Crippen molar-refractivity contribution in [1.29, 1.82) is 0 Å². The van der Waals surface area contributed by atoms with E-state index in [0.717, 1.165) is 14.0 Å². The maximum Gasteiger partial charge on any atom is 0.332 e. The maximum atomic E-state index is 12.6. The molecule has 1 atom stereocenters. The molecule has 2 rings (SSSR count). The second-order valence-electron chi connectivity index (χ2n) is 5.04. The first-order chi connectivity index (χ1) is 10.7. The average molecular weight is 354 g/mol. The molecule has 23 heavy (non-hydrogen) atoms. The first kappa shape index (κ1) is 17.4. The summed E-state index contributed by atoms with van der Waals surface area (Å²) < 4.78 is 1.97. The summed E-state index contributed by atoms with van der Waals surface area (Å²) in [7, 11) is 2.74. The number of Topliss-reactive ketones (excluding diaryl/α,β-unsaturated/α-hetero) is 1. The maximum absolute atomic E-state index is 12.6. The van der Waals surface area contributed by atoms with Crippen molar-refractivity contribution >= 4 is 35.0 Å². The molecule has 0 fully saturated rings. The molecule has 0 saturated heterocycles. The third-order valence-corrected chi connectivity index (χ3v) is 4.82. The minimum absolute atomic E-state index is 0.119. The zero-order chi connectivity index (χ0) is 17.3. The van der Waals surface area contributed by atoms with Crippen LogP contribution in [0.2, 0.25) is 5.02 Å². The van der Waals surface area contributed by atoms with Crippen LogP contribution in [0.1, 0.15) is 17.3 Å². The van der Waals surface area contributed by atoms with Gasteiger partial charge in [0.15, 0.2) is 5.78 Å². The molecular formula is C15H16ClN3O3S. The van der Waals surface area contributed by atoms with Gasteiger partial charge in [0.2, 0.25) is 0 Å². The molecule has 8 heteroatoms. The Labute approximate surface area is 141 Å². The van der Waals surface area contributed by atoms with E-state index in [1.54, 1.807) is 31.2 Å². The predicted molar refractivity (Wildman–Crippen MR) is 92.4 cm³/mol. The number of nitrogens with two attached hydrogens (primary N) is 1. The zero-order valence-electron chi connectivity index (χ0n) is 12.9. The molecule has 2 aromatic rings. The largest absolute Gasteiger partial charge is 0.384 e. The lowest BCUT2D eigenvalue weighted by molar-refractivity contribution is 0.0992. The van der Waals surface area contributed by atoms with Gasteiger partial charge >= 0.3 is 5.69 Å². The van der Waals surface area contributed by atoms with Gasteiger partial charge in [-0.3, -0.25) is 18.7 Å². The minimum atomic E-state index is -0.681. The smallest absolute Gasteiger partial charge is 0.332 e. The SMILES string of the molecule is CC(Sc1ccc(Cl)cc1)C(=O)c1c(N)n(C)c(=O)n(C)c1=O. The molecule has 1 heterocycles. The van der Waals surface area contributed by atoms with E-state index in [4.69, 9.17) is 17.3 Å². The Kier molecular flexibility index (Phi) is 5.01. The fourth-order valence-electron chi connectivity index (χ4n) is 2.07. The summed E-state index contributed by atoms with van der Waals surface area (Å²) >= 11 is 7.12. The Morgan fingerprint density at radius 2 is 1.74 bits per heavy atom. The van der Waals surface area contributed by atoms with Gasteiger partial charge in [0.05, 0.1) is 5.25 Å². The van der Waals surface area contributed by atoms with Gasteiger partial charge in [-0.1, -0.05) is 11.6 Å². The fourth-order valence-corrected chi connectivity index (χ4v) is 3.12. The Bertz CT molecular complexity index is 871. The van der Waals surface area contributed by atoms with Crippen LogP contribution in [-0.2, 0) is 14.1 Å². The van der Waals surface area contributed by atoms with E-state index in [-0.39, 0.29) is 11.4 Å². The van der Waals surface area contributed by atoms with Crippen LogP contribution in [0.3, 0.4) is 0 Å². The Morgan fingerprint density at radius 3 is 2.30 bits per heavy atom. The third-order valence-electron chi connectivity index (χ3n) is 3.45. The van der Waals surface area contributed by atoms with Crippen molar-refractivity contribution in [2.24, 2.45) is 14.1 Å². The highest BCUT2D eigenvalue weighted by atomic mass is 35.5. The number of aromatic nitrogens is 2. The van der Waals surface area contributed by atoms with E-state index in [9.17, 15) is 14.4 Å². The Hall–Kier alpha value is -1.99. The number of nitrogen functional groups attached to an aromatic ring is 1. The molecule has 2 N–H and O–H groups in total. The first-order valence-electron chi connectivity index (χ1n) is 6.76. The van der Waals surface area contributed by atoms with Gasteiger partial charge in [-0.15, -0.1) is 11.8 Å². The molecule has 122 valence electrons. The summed E-state index contributed by atoms with van der Waals surface area (Å²) in [5, 5.41) is 0.0631. The lowest BCUT2D eigenvalue weighted by Crippen LogP contribution is -2.42. The molecule has 0 aliphatic rings. The van der Waals surface area contributed by atoms with Crippen molar-refractivity contribution < 1.29 is 4.79 Å². The van der Waals surface area contributed by atoms with Crippen molar-refractivity contribution in [3.8, 4) is 0 Å². The minimum Gasteiger partial charge on any atom is -0.384 e. The highest BCUT2D eigenvalue weighted by molar-refractivity contribution is 8.00. The van der Waals surface area contributed by atoms with Gasteiger partial charge in [-0.25, -0.2) is 4.79 Å². The number of nitrogens with zero attached hydrogens (tertiary/aromatic N) is 2. The number of carbonyl (C=O) groups excluding carboxylic acids is 1. The molecule has 1 unspecified atom stereocenters. The van der Waals surface area contributed by atoms with E-state index in [0.29, 0.717) is 5.02 Å². The molecule has 1 aromatic heterocycles. The number of rotatable bonds is 4. The van der Waals surface area contributed by atoms with Gasteiger partial charge in [0.1, 0.15) is 11.4 Å². The highest BCUT2D eigenvalue weighted by Crippen LogP contribution is 2.27. The summed E-state index contributed by atoms with van der Waals surface area (Å²) in [5.74, 6) is -0.537. The van der Waals surface area contributed by atoms with Gasteiger partial charge in [-0.05, 0) is 31.2 Å². The number of carbonyl (C=O) groups is 1. The normalized spacial score (nSPS) is 12.2. The number of benzene rings is 1. The van der Waals surface area contributed by atoms with Crippen LogP contribution < -0.4 is 17.0 Å². The standard InChI is InChI=1S/C15H16ClN3O3S/c1-8(23-10-6-4-9(16)5-7-10)12(20)11-13(17)18(2)15(22)19(3)14(11)21/h4-8H,17H2,1-3H3. The van der Waals surface area contributed by atoms with Crippen molar-refractivity contribution in [3.05, 3.63) is 55.7 Å². The quantitative estimate of drug-likeness (QED) is 0.667. The molecule has 1 aromatic carbocycles. The van der Waals surface area contributed by atoms with Crippen LogP contribution >= 0.6 is 23.4 Å². The van der Waals surface area contributed by atoms with E-state index in [2.05, 4.69) is 0 Å². The topological polar surface area (TPSA) is 87.1 Å². The van der Waals surface area contributed by atoms with E-state index < -0.39 is 22.3 Å². The zero-order valence-corrected chi connectivity index (χ0v) is 14.4. The molecule has 0 bridgehead atoms. The highest BCUT2D eigenvalue weighted by Gasteiger charge is 2.25. The molecule has 0 aliphatic carbocycles. The fraction of sp³-hybridized carbons (Fsp3) is 0.267. The molecular weight excluding hydrogens is 338 g/mol. The van der Waals surface area contributed by atoms with E-state index in [1.165, 1.54) is 25.9 Å². The van der Waals surface area contributed by atoms with Crippen LogP contribution in [0.4, 0.5) is 5.82 Å². The second-order valence-corrected chi connectivity index (χ2v) is 6.89. The van der Waals surface area contributed by atoms with Crippen LogP contribution in [0, 0.1) is 0 Å². The Morgan fingerprint density at radius 1 is 1.17 bits per heavy atom. The monoisotopic (exact) mass is 353 g/mol. The van der Waals surface area contributed by atoms with Crippen LogP contribution in [-0.4, -0.2) is 20.2 Å². The molecule has 0 radical (unpaired) electrons. The number of ketones is 1. The van der Waals surface area contributed by atoms with E-state index in [1.807, 2.05) is 0 Å². The van der Waals surface area contributed by atoms with Crippen molar-refractivity contribution in [2.75, 3.05) is 5.73 Å². The summed E-state index contributed by atoms with van der Waals surface area (Å²) in [5.41, 5.74) is 4.39. The summed E-state index contributed by atoms with van der Waals surface area (Å²) in [4.78, 5) is 37.5. The third kappa shape index (κ3) is 3.35. The van der Waals surface area contributed by atoms with Gasteiger partial charge in [-0.2, -0.15) is 0 Å². The summed E-state index contributed by atoms with van der Waals surface area (Å²) in [6, 6.07) is 7.03. The number of hydrogen-bond acceptors (Lipinski definition) is 5. The summed E-state index contributed by atoms with van der Waals surface area (Å²) in [6.07, 6.45) is 0. The lowest BCUT2D eigenvalue weighted by Gasteiger charge is -2.14. The number of anilines is 1. The summed E-state index contributed by atoms with van der Waals surface area (Å²) in [6.45, 7) is 1.69. The van der Waals surface area contributed by atoms with Crippen LogP contribution in [0.15, 0.2) is 38.8 Å². The van der Waals surface area contributed by atoms with Gasteiger partial charge in [0, 0.05) is 24.0 Å². The van der Waals surface area contributed by atoms with Gasteiger partial charge < -0.3 is 5.73 Å².